The zero-order valence-electron chi connectivity index (χ0n) is 16.6. The fraction of sp³-hybridized carbons (Fsp3) is 0.136. The molecule has 0 aliphatic heterocycles. The molecular formula is C22H21N5OS2. The normalized spacial score (nSPS) is 11.9. The number of amides is 1. The number of benzene rings is 2. The third kappa shape index (κ3) is 4.24. The number of hydrogen-bond donors (Lipinski definition) is 2. The largest absolute Gasteiger partial charge is 0.335 e. The van der Waals surface area contributed by atoms with E-state index in [0.29, 0.717) is 11.0 Å². The summed E-state index contributed by atoms with van der Waals surface area (Å²) in [5, 5.41) is 13.4. The van der Waals surface area contributed by atoms with E-state index >= 15 is 0 Å². The molecule has 152 valence electrons. The average molecular weight is 436 g/mol. The number of nitrogens with one attached hydrogen (secondary N) is 1. The van der Waals surface area contributed by atoms with Crippen LogP contribution in [-0.2, 0) is 4.79 Å². The van der Waals surface area contributed by atoms with Crippen molar-refractivity contribution in [2.24, 2.45) is 0 Å². The van der Waals surface area contributed by atoms with Crippen LogP contribution < -0.4 is 11.2 Å². The van der Waals surface area contributed by atoms with Gasteiger partial charge >= 0.3 is 0 Å². The lowest BCUT2D eigenvalue weighted by Gasteiger charge is -2.17. The van der Waals surface area contributed by atoms with E-state index in [0.717, 1.165) is 27.3 Å². The van der Waals surface area contributed by atoms with Crippen molar-refractivity contribution in [3.05, 3.63) is 82.7 Å². The van der Waals surface area contributed by atoms with Crippen LogP contribution in [0.5, 0.6) is 0 Å². The van der Waals surface area contributed by atoms with Gasteiger partial charge in [0.2, 0.25) is 11.1 Å². The summed E-state index contributed by atoms with van der Waals surface area (Å²) in [7, 11) is 0. The molecular weight excluding hydrogens is 414 g/mol. The second-order valence-corrected chi connectivity index (χ2v) is 8.89. The maximum absolute atomic E-state index is 13.3. The van der Waals surface area contributed by atoms with Crippen molar-refractivity contribution >= 4 is 34.7 Å². The summed E-state index contributed by atoms with van der Waals surface area (Å²) in [6, 6.07) is 19.5. The summed E-state index contributed by atoms with van der Waals surface area (Å²) < 4.78 is 1.44. The fourth-order valence-corrected chi connectivity index (χ4v) is 4.67. The molecule has 3 N–H and O–H groups in total. The van der Waals surface area contributed by atoms with Crippen molar-refractivity contribution in [2.75, 3.05) is 11.2 Å². The summed E-state index contributed by atoms with van der Waals surface area (Å²) in [6.07, 6.45) is 0. The van der Waals surface area contributed by atoms with Crippen LogP contribution in [0.3, 0.4) is 0 Å². The van der Waals surface area contributed by atoms with Gasteiger partial charge in [-0.1, -0.05) is 60.3 Å². The first-order chi connectivity index (χ1) is 14.5. The minimum atomic E-state index is -0.534. The van der Waals surface area contributed by atoms with E-state index in [1.54, 1.807) is 0 Å². The molecule has 0 saturated heterocycles. The van der Waals surface area contributed by atoms with Gasteiger partial charge in [0.25, 0.3) is 0 Å². The third-order valence-corrected chi connectivity index (χ3v) is 6.70. The highest BCUT2D eigenvalue weighted by Crippen LogP contribution is 2.36. The number of rotatable bonds is 6. The van der Waals surface area contributed by atoms with Crippen molar-refractivity contribution in [3.8, 4) is 10.7 Å². The van der Waals surface area contributed by atoms with Gasteiger partial charge in [0.15, 0.2) is 5.82 Å². The smallest absolute Gasteiger partial charge is 0.242 e. The lowest BCUT2D eigenvalue weighted by Crippen LogP contribution is -2.21. The first-order valence-electron chi connectivity index (χ1n) is 9.37. The molecule has 0 bridgehead atoms. The molecule has 0 radical (unpaired) electrons. The molecule has 1 atom stereocenters. The number of aromatic nitrogens is 3. The Kier molecular flexibility index (Phi) is 5.87. The predicted octanol–water partition coefficient (Wildman–Crippen LogP) is 4.81. The number of carbonyl (C=O) groups is 1. The topological polar surface area (TPSA) is 85.8 Å². The molecule has 30 heavy (non-hydrogen) atoms. The first kappa shape index (κ1) is 20.2. The van der Waals surface area contributed by atoms with Crippen molar-refractivity contribution in [1.29, 1.82) is 0 Å². The van der Waals surface area contributed by atoms with E-state index in [1.165, 1.54) is 27.8 Å². The fourth-order valence-electron chi connectivity index (χ4n) is 3.01. The molecule has 0 aliphatic rings. The molecule has 2 heterocycles. The van der Waals surface area contributed by atoms with Crippen LogP contribution in [0.1, 0.15) is 21.9 Å². The molecule has 0 fully saturated rings. The lowest BCUT2D eigenvalue weighted by molar-refractivity contribution is -0.115. The van der Waals surface area contributed by atoms with Crippen LogP contribution in [-0.4, -0.2) is 20.8 Å². The van der Waals surface area contributed by atoms with Crippen LogP contribution in [0.15, 0.2) is 71.2 Å². The number of thioether (sulfide) groups is 1. The van der Waals surface area contributed by atoms with Gasteiger partial charge in [0, 0.05) is 5.69 Å². The number of aryl methyl sites for hydroxylation is 2. The Balaban J connectivity index is 1.64. The summed E-state index contributed by atoms with van der Waals surface area (Å²) in [5.74, 6) is 6.70. The molecule has 2 aromatic heterocycles. The highest BCUT2D eigenvalue weighted by molar-refractivity contribution is 8.00. The Hall–Kier alpha value is -3.10. The van der Waals surface area contributed by atoms with Gasteiger partial charge in [0.05, 0.1) is 4.88 Å². The van der Waals surface area contributed by atoms with Gasteiger partial charge < -0.3 is 11.2 Å². The molecule has 4 aromatic rings. The number of anilines is 1. The Morgan fingerprint density at radius 1 is 1.10 bits per heavy atom. The maximum Gasteiger partial charge on any atom is 0.242 e. The molecule has 1 amide bonds. The van der Waals surface area contributed by atoms with Crippen molar-refractivity contribution in [3.63, 3.8) is 0 Å². The van der Waals surface area contributed by atoms with Gasteiger partial charge in [-0.15, -0.1) is 21.5 Å². The van der Waals surface area contributed by atoms with Crippen molar-refractivity contribution < 1.29 is 4.79 Å². The van der Waals surface area contributed by atoms with Crippen LogP contribution in [0.2, 0.25) is 0 Å². The van der Waals surface area contributed by atoms with Crippen LogP contribution in [0, 0.1) is 13.8 Å². The lowest BCUT2D eigenvalue weighted by atomic mass is 10.1. The van der Waals surface area contributed by atoms with Crippen LogP contribution in [0.4, 0.5) is 5.69 Å². The Bertz CT molecular complexity index is 1160. The number of hydrogen-bond acceptors (Lipinski definition) is 6. The van der Waals surface area contributed by atoms with Crippen molar-refractivity contribution in [2.45, 2.75) is 24.3 Å². The third-order valence-electron chi connectivity index (χ3n) is 4.62. The van der Waals surface area contributed by atoms with Crippen molar-refractivity contribution in [1.82, 2.24) is 14.9 Å². The van der Waals surface area contributed by atoms with E-state index < -0.39 is 5.25 Å². The Morgan fingerprint density at radius 2 is 1.90 bits per heavy atom. The van der Waals surface area contributed by atoms with E-state index in [4.69, 9.17) is 5.84 Å². The SMILES string of the molecule is Cc1ccc(C)c(NC(=O)[C@@H](Sc2nnc(-c3cccs3)n2N)c2ccccc2)c1. The highest BCUT2D eigenvalue weighted by atomic mass is 32.2. The molecule has 4 rings (SSSR count). The Labute approximate surface area is 183 Å². The Morgan fingerprint density at radius 3 is 2.63 bits per heavy atom. The number of nitrogen functional groups attached to an aromatic ring is 1. The van der Waals surface area contributed by atoms with E-state index in [-0.39, 0.29) is 5.91 Å². The second-order valence-electron chi connectivity index (χ2n) is 6.87. The van der Waals surface area contributed by atoms with Crippen LogP contribution >= 0.6 is 23.1 Å². The number of nitrogens with two attached hydrogens (primary N) is 1. The molecule has 0 unspecified atom stereocenters. The van der Waals surface area contributed by atoms with Gasteiger partial charge in [-0.05, 0) is 48.1 Å². The molecule has 6 nitrogen and oxygen atoms in total. The van der Waals surface area contributed by atoms with E-state index in [9.17, 15) is 4.79 Å². The monoisotopic (exact) mass is 435 g/mol. The average Bonchev–Trinajstić information content (AvgIpc) is 3.39. The minimum absolute atomic E-state index is 0.138. The first-order valence-corrected chi connectivity index (χ1v) is 11.1. The summed E-state index contributed by atoms with van der Waals surface area (Å²) >= 11 is 2.82. The van der Waals surface area contributed by atoms with E-state index in [1.807, 2.05) is 79.9 Å². The number of thiophene rings is 1. The highest BCUT2D eigenvalue weighted by Gasteiger charge is 2.26. The number of carbonyl (C=O) groups excluding carboxylic acids is 1. The van der Waals surface area contributed by atoms with Gasteiger partial charge in [-0.25, -0.2) is 4.68 Å². The quantitative estimate of drug-likeness (QED) is 0.335. The molecule has 0 saturated carbocycles. The standard InChI is InChI=1S/C22H21N5OS2/c1-14-10-11-15(2)17(13-14)24-21(28)19(16-7-4-3-5-8-16)30-22-26-25-20(27(22)23)18-9-6-12-29-18/h3-13,19H,23H2,1-2H3,(H,24,28)/t19-/m0/s1. The summed E-state index contributed by atoms with van der Waals surface area (Å²) in [6.45, 7) is 3.98. The molecule has 2 aromatic carbocycles. The van der Waals surface area contributed by atoms with Gasteiger partial charge in [-0.2, -0.15) is 0 Å². The number of nitrogens with zero attached hydrogens (tertiary/aromatic N) is 3. The molecule has 8 heteroatoms. The second kappa shape index (κ2) is 8.73. The zero-order valence-corrected chi connectivity index (χ0v) is 18.2. The molecule has 0 aliphatic carbocycles. The summed E-state index contributed by atoms with van der Waals surface area (Å²) in [4.78, 5) is 14.2. The van der Waals surface area contributed by atoms with Gasteiger partial charge in [0.1, 0.15) is 5.25 Å². The van der Waals surface area contributed by atoms with Gasteiger partial charge in [-0.3, -0.25) is 4.79 Å². The van der Waals surface area contributed by atoms with Crippen LogP contribution in [0.25, 0.3) is 10.7 Å². The zero-order chi connectivity index (χ0) is 21.1. The summed E-state index contributed by atoms with van der Waals surface area (Å²) in [5.41, 5.74) is 3.76. The molecule has 0 spiro atoms. The minimum Gasteiger partial charge on any atom is -0.335 e. The predicted molar refractivity (Wildman–Crippen MR) is 123 cm³/mol. The maximum atomic E-state index is 13.3. The van der Waals surface area contributed by atoms with E-state index in [2.05, 4.69) is 15.5 Å².